The van der Waals surface area contributed by atoms with E-state index in [1.165, 1.54) is 30.4 Å². The molecule has 8 heteroatoms. The lowest BCUT2D eigenvalue weighted by Gasteiger charge is -2.58. The van der Waals surface area contributed by atoms with Crippen LogP contribution in [0.25, 0.3) is 0 Å². The van der Waals surface area contributed by atoms with Crippen molar-refractivity contribution in [3.63, 3.8) is 0 Å². The molecule has 4 N–H and O–H groups in total. The van der Waals surface area contributed by atoms with Gasteiger partial charge in [0.2, 0.25) is 6.29 Å². The number of aliphatic carboxylic acids is 1. The maximum atomic E-state index is 11.4. The lowest BCUT2D eigenvalue weighted by atomic mass is 9.52. The third-order valence-electron chi connectivity index (χ3n) is 8.15. The van der Waals surface area contributed by atoms with Crippen LogP contribution >= 0.6 is 0 Å². The molecule has 1 saturated carbocycles. The number of carboxylic acids is 1. The van der Waals surface area contributed by atoms with E-state index in [0.717, 1.165) is 25.8 Å². The molecule has 0 spiro atoms. The van der Waals surface area contributed by atoms with Gasteiger partial charge >= 0.3 is 5.97 Å². The molecule has 4 aliphatic rings. The zero-order chi connectivity index (χ0) is 21.9. The molecule has 2 aliphatic carbocycles. The highest BCUT2D eigenvalue weighted by Gasteiger charge is 2.53. The predicted molar refractivity (Wildman–Crippen MR) is 110 cm³/mol. The molecule has 2 heterocycles. The summed E-state index contributed by atoms with van der Waals surface area (Å²) in [6, 6.07) is 6.47. The van der Waals surface area contributed by atoms with Crippen molar-refractivity contribution in [2.45, 2.75) is 80.7 Å². The van der Waals surface area contributed by atoms with Gasteiger partial charge in [-0.25, -0.2) is 4.79 Å². The predicted octanol–water partition coefficient (Wildman–Crippen LogP) is 0.646. The monoisotopic (exact) mass is 433 g/mol. The number of piperidine rings is 1. The molecule has 0 aromatic heterocycles. The van der Waals surface area contributed by atoms with Crippen LogP contribution in [-0.4, -0.2) is 81.6 Å². The van der Waals surface area contributed by atoms with Gasteiger partial charge in [0, 0.05) is 11.5 Å². The minimum absolute atomic E-state index is 0.133. The number of likely N-dealkylation sites (N-methyl/N-ethyl adjacent to an activating group) is 1. The highest BCUT2D eigenvalue weighted by Crippen LogP contribution is 2.56. The van der Waals surface area contributed by atoms with Crippen LogP contribution < -0.4 is 4.74 Å². The van der Waals surface area contributed by atoms with E-state index in [9.17, 15) is 25.2 Å². The number of aliphatic hydroxyl groups is 3. The van der Waals surface area contributed by atoms with Gasteiger partial charge in [0.05, 0.1) is 0 Å². The first-order valence-corrected chi connectivity index (χ1v) is 11.2. The Hall–Kier alpha value is -1.71. The highest BCUT2D eigenvalue weighted by atomic mass is 16.7. The Bertz CT molecular complexity index is 862. The normalized spacial score (nSPS) is 42.4. The number of hydrogen-bond acceptors (Lipinski definition) is 7. The second-order valence-electron chi connectivity index (χ2n) is 9.68. The molecule has 8 atom stereocenters. The van der Waals surface area contributed by atoms with Crippen molar-refractivity contribution in [2.24, 2.45) is 5.92 Å². The van der Waals surface area contributed by atoms with Crippen LogP contribution in [0.1, 0.15) is 43.2 Å². The van der Waals surface area contributed by atoms with Gasteiger partial charge < -0.3 is 34.8 Å². The number of carboxylic acid groups (broad SMARTS) is 1. The van der Waals surface area contributed by atoms with E-state index in [4.69, 9.17) is 9.47 Å². The molecule has 0 amide bonds. The number of aliphatic hydroxyl groups excluding tert-OH is 3. The second-order valence-corrected chi connectivity index (χ2v) is 9.68. The number of hydrogen-bond donors (Lipinski definition) is 4. The van der Waals surface area contributed by atoms with Crippen LogP contribution in [0.2, 0.25) is 0 Å². The Balaban J connectivity index is 1.45. The maximum Gasteiger partial charge on any atom is 0.335 e. The fraction of sp³-hybridized carbons (Fsp3) is 0.696. The van der Waals surface area contributed by atoms with Crippen LogP contribution in [0, 0.1) is 5.92 Å². The lowest BCUT2D eigenvalue weighted by Crippen LogP contribution is -2.61. The first-order chi connectivity index (χ1) is 14.8. The van der Waals surface area contributed by atoms with E-state index >= 15 is 0 Å². The van der Waals surface area contributed by atoms with E-state index in [1.807, 2.05) is 12.1 Å². The molecule has 0 radical (unpaired) electrons. The summed E-state index contributed by atoms with van der Waals surface area (Å²) < 4.78 is 11.2. The van der Waals surface area contributed by atoms with Crippen molar-refractivity contribution in [1.29, 1.82) is 0 Å². The van der Waals surface area contributed by atoms with Gasteiger partial charge in [-0.1, -0.05) is 18.9 Å². The smallest absolute Gasteiger partial charge is 0.335 e. The van der Waals surface area contributed by atoms with Crippen molar-refractivity contribution in [2.75, 3.05) is 13.6 Å². The molecule has 31 heavy (non-hydrogen) atoms. The van der Waals surface area contributed by atoms with Gasteiger partial charge in [-0.15, -0.1) is 0 Å². The molecular formula is C23H31NO7. The zero-order valence-electron chi connectivity index (χ0n) is 17.7. The minimum Gasteiger partial charge on any atom is -0.479 e. The van der Waals surface area contributed by atoms with E-state index in [-0.39, 0.29) is 5.41 Å². The van der Waals surface area contributed by atoms with Crippen molar-refractivity contribution >= 4 is 5.97 Å². The summed E-state index contributed by atoms with van der Waals surface area (Å²) >= 11 is 0. The Kier molecular flexibility index (Phi) is 5.26. The van der Waals surface area contributed by atoms with Crippen molar-refractivity contribution in [1.82, 2.24) is 4.90 Å². The Morgan fingerprint density at radius 1 is 1.16 bits per heavy atom. The summed E-state index contributed by atoms with van der Waals surface area (Å²) in [6.07, 6.45) is -1.03. The number of likely N-dealkylation sites (tertiary alicyclic amines) is 1. The molecule has 8 nitrogen and oxygen atoms in total. The average Bonchev–Trinajstić information content (AvgIpc) is 2.76. The Labute approximate surface area is 181 Å². The van der Waals surface area contributed by atoms with Gasteiger partial charge in [0.1, 0.15) is 24.1 Å². The Morgan fingerprint density at radius 2 is 1.97 bits per heavy atom. The molecule has 2 bridgehead atoms. The third-order valence-corrected chi connectivity index (χ3v) is 8.15. The summed E-state index contributed by atoms with van der Waals surface area (Å²) in [5, 5.41) is 39.5. The number of carbonyl (C=O) groups is 1. The van der Waals surface area contributed by atoms with E-state index < -0.39 is 36.7 Å². The van der Waals surface area contributed by atoms with Crippen LogP contribution in [0.5, 0.6) is 5.75 Å². The van der Waals surface area contributed by atoms with Gasteiger partial charge in [0.15, 0.2) is 6.10 Å². The van der Waals surface area contributed by atoms with Gasteiger partial charge in [-0.2, -0.15) is 0 Å². The van der Waals surface area contributed by atoms with Gasteiger partial charge in [-0.05, 0) is 68.5 Å². The fourth-order valence-corrected chi connectivity index (χ4v) is 6.53. The topological polar surface area (TPSA) is 120 Å². The van der Waals surface area contributed by atoms with E-state index in [2.05, 4.69) is 18.0 Å². The first-order valence-electron chi connectivity index (χ1n) is 11.2. The van der Waals surface area contributed by atoms with Crippen molar-refractivity contribution in [3.8, 4) is 5.75 Å². The van der Waals surface area contributed by atoms with Crippen LogP contribution in [-0.2, 0) is 21.4 Å². The third kappa shape index (κ3) is 3.27. The van der Waals surface area contributed by atoms with Crippen LogP contribution in [0.15, 0.2) is 18.2 Å². The second kappa shape index (κ2) is 7.71. The molecule has 2 aliphatic heterocycles. The minimum atomic E-state index is -1.73. The number of rotatable bonds is 3. The molecule has 170 valence electrons. The lowest BCUT2D eigenvalue weighted by molar-refractivity contribution is -0.271. The molecule has 5 rings (SSSR count). The summed E-state index contributed by atoms with van der Waals surface area (Å²) in [5.41, 5.74) is 2.76. The first kappa shape index (κ1) is 21.2. The van der Waals surface area contributed by atoms with E-state index in [0.29, 0.717) is 17.7 Å². The quantitative estimate of drug-likeness (QED) is 0.549. The molecular weight excluding hydrogens is 402 g/mol. The molecule has 3 fully saturated rings. The standard InChI is InChI=1S/C23H31NO7/c1-24-9-8-23-7-3-2-4-14(23)16(24)10-12-5-6-13(11-15(12)23)30-22-19(27)17(25)18(26)20(31-22)21(28)29/h5-6,11,14,16-20,22,25-27H,2-4,7-10H2,1H3,(H,28,29)/t14?,16?,17?,18-,19?,20?,22-,23?/m1/s1. The maximum absolute atomic E-state index is 11.4. The van der Waals surface area contributed by atoms with Crippen molar-refractivity contribution in [3.05, 3.63) is 29.3 Å². The van der Waals surface area contributed by atoms with Gasteiger partial charge in [0.25, 0.3) is 0 Å². The summed E-state index contributed by atoms with van der Waals surface area (Å²) in [6.45, 7) is 1.07. The highest BCUT2D eigenvalue weighted by molar-refractivity contribution is 5.73. The van der Waals surface area contributed by atoms with Crippen LogP contribution in [0.4, 0.5) is 0 Å². The molecule has 2 saturated heterocycles. The SMILES string of the molecule is CN1CCC23CCCCC2C1Cc1ccc(O[C@@H]2OC(C(=O)O)[C@H](O)C(O)C2O)cc13. The molecule has 1 aromatic carbocycles. The number of nitrogens with zero attached hydrogens (tertiary/aromatic N) is 1. The number of fused-ring (bicyclic) bond motifs is 1. The summed E-state index contributed by atoms with van der Waals surface area (Å²) in [7, 11) is 2.23. The van der Waals surface area contributed by atoms with Gasteiger partial charge in [-0.3, -0.25) is 0 Å². The molecule has 1 aromatic rings. The summed E-state index contributed by atoms with van der Waals surface area (Å²) in [4.78, 5) is 13.9. The number of ether oxygens (including phenoxy) is 2. The average molecular weight is 434 g/mol. The Morgan fingerprint density at radius 3 is 2.74 bits per heavy atom. The fourth-order valence-electron chi connectivity index (χ4n) is 6.53. The number of benzene rings is 1. The molecule has 6 unspecified atom stereocenters. The zero-order valence-corrected chi connectivity index (χ0v) is 17.7. The van der Waals surface area contributed by atoms with E-state index in [1.54, 1.807) is 0 Å². The largest absolute Gasteiger partial charge is 0.479 e. The summed E-state index contributed by atoms with van der Waals surface area (Å²) in [5.74, 6) is -0.321. The van der Waals surface area contributed by atoms with Crippen LogP contribution in [0.3, 0.4) is 0 Å². The van der Waals surface area contributed by atoms with Crippen molar-refractivity contribution < 1.29 is 34.7 Å².